The third-order valence-corrected chi connectivity index (χ3v) is 3.57. The normalized spacial score (nSPS) is 14.8. The van der Waals surface area contributed by atoms with E-state index in [4.69, 9.17) is 5.73 Å². The molecule has 1 heterocycles. The maximum atomic E-state index is 12.8. The van der Waals surface area contributed by atoms with E-state index >= 15 is 0 Å². The van der Waals surface area contributed by atoms with Gasteiger partial charge in [-0.1, -0.05) is 6.92 Å². The summed E-state index contributed by atoms with van der Waals surface area (Å²) in [7, 11) is 2.09. The minimum Gasteiger partial charge on any atom is -0.322 e. The number of rotatable bonds is 7. The van der Waals surface area contributed by atoms with Crippen LogP contribution in [0.3, 0.4) is 0 Å². The Morgan fingerprint density at radius 1 is 1.50 bits per heavy atom. The van der Waals surface area contributed by atoms with Crippen molar-refractivity contribution in [3.63, 3.8) is 0 Å². The molecule has 0 radical (unpaired) electrons. The predicted molar refractivity (Wildman–Crippen MR) is 76.2 cm³/mol. The molecule has 0 spiro atoms. The Bertz CT molecular complexity index is 345. The highest BCUT2D eigenvalue weighted by atomic mass is 32.2. The summed E-state index contributed by atoms with van der Waals surface area (Å²) in [5.41, 5.74) is 6.90. The van der Waals surface area contributed by atoms with Gasteiger partial charge in [0.25, 0.3) is 0 Å². The number of pyridine rings is 1. The van der Waals surface area contributed by atoms with Gasteiger partial charge in [-0.2, -0.15) is 11.8 Å². The number of hydrogen-bond donors (Lipinski definition) is 1. The monoisotopic (exact) mass is 271 g/mol. The maximum absolute atomic E-state index is 12.8. The van der Waals surface area contributed by atoms with Crippen LogP contribution in [0, 0.1) is 11.7 Å². The fraction of sp³-hybridized carbons (Fsp3) is 0.615. The zero-order chi connectivity index (χ0) is 13.5. The van der Waals surface area contributed by atoms with Crippen LogP contribution < -0.4 is 5.73 Å². The molecular weight excluding hydrogens is 249 g/mol. The van der Waals surface area contributed by atoms with Crippen LogP contribution in [0.2, 0.25) is 0 Å². The van der Waals surface area contributed by atoms with Gasteiger partial charge < -0.3 is 10.6 Å². The lowest BCUT2D eigenvalue weighted by molar-refractivity contribution is 0.275. The molecule has 5 heteroatoms. The molecule has 0 fully saturated rings. The van der Waals surface area contributed by atoms with E-state index in [1.807, 2.05) is 11.8 Å². The summed E-state index contributed by atoms with van der Waals surface area (Å²) in [4.78, 5) is 6.31. The molecule has 1 aromatic rings. The molecule has 1 rings (SSSR count). The second-order valence-corrected chi connectivity index (χ2v) is 5.64. The number of thioether (sulfide) groups is 1. The van der Waals surface area contributed by atoms with Crippen LogP contribution in [0.1, 0.15) is 18.7 Å². The van der Waals surface area contributed by atoms with Crippen molar-refractivity contribution in [2.45, 2.75) is 13.0 Å². The van der Waals surface area contributed by atoms with E-state index in [1.54, 1.807) is 6.07 Å². The number of hydrogen-bond acceptors (Lipinski definition) is 4. The van der Waals surface area contributed by atoms with Gasteiger partial charge in [0.1, 0.15) is 5.82 Å². The van der Waals surface area contributed by atoms with Crippen LogP contribution >= 0.6 is 11.8 Å². The molecule has 0 aromatic carbocycles. The highest BCUT2D eigenvalue weighted by Gasteiger charge is 2.17. The molecule has 102 valence electrons. The molecule has 0 saturated carbocycles. The van der Waals surface area contributed by atoms with Crippen molar-refractivity contribution in [1.82, 2.24) is 9.88 Å². The molecule has 0 bridgehead atoms. The van der Waals surface area contributed by atoms with Crippen molar-refractivity contribution in [2.24, 2.45) is 11.7 Å². The third kappa shape index (κ3) is 4.92. The smallest absolute Gasteiger partial charge is 0.141 e. The zero-order valence-corrected chi connectivity index (χ0v) is 12.1. The van der Waals surface area contributed by atoms with Crippen LogP contribution in [-0.4, -0.2) is 42.0 Å². The summed E-state index contributed by atoms with van der Waals surface area (Å²) in [6, 6.07) is 2.92. The van der Waals surface area contributed by atoms with E-state index < -0.39 is 0 Å². The van der Waals surface area contributed by atoms with E-state index in [2.05, 4.69) is 30.1 Å². The summed E-state index contributed by atoms with van der Waals surface area (Å²) in [5.74, 6) is 1.08. The Kier molecular flexibility index (Phi) is 6.60. The van der Waals surface area contributed by atoms with E-state index in [0.717, 1.165) is 24.5 Å². The van der Waals surface area contributed by atoms with E-state index in [9.17, 15) is 4.39 Å². The van der Waals surface area contributed by atoms with Gasteiger partial charge in [-0.25, -0.2) is 4.39 Å². The molecule has 2 atom stereocenters. The van der Waals surface area contributed by atoms with Crippen LogP contribution in [0.25, 0.3) is 0 Å². The molecule has 18 heavy (non-hydrogen) atoms. The number of halogens is 1. The number of aromatic nitrogens is 1. The van der Waals surface area contributed by atoms with Crippen molar-refractivity contribution in [1.29, 1.82) is 0 Å². The van der Waals surface area contributed by atoms with Crippen molar-refractivity contribution < 1.29 is 4.39 Å². The second kappa shape index (κ2) is 7.71. The summed E-state index contributed by atoms with van der Waals surface area (Å²) in [5, 5.41) is 0. The lowest BCUT2D eigenvalue weighted by Crippen LogP contribution is -2.32. The van der Waals surface area contributed by atoms with Crippen LogP contribution in [0.4, 0.5) is 4.39 Å². The maximum Gasteiger partial charge on any atom is 0.141 e. The van der Waals surface area contributed by atoms with Gasteiger partial charge in [-0.05, 0) is 31.4 Å². The third-order valence-electron chi connectivity index (χ3n) is 2.98. The van der Waals surface area contributed by atoms with Crippen LogP contribution in [0.5, 0.6) is 0 Å². The molecule has 0 saturated heterocycles. The second-order valence-electron chi connectivity index (χ2n) is 4.66. The number of nitrogens with two attached hydrogens (primary N) is 1. The lowest BCUT2D eigenvalue weighted by atomic mass is 9.99. The van der Waals surface area contributed by atoms with E-state index in [-0.39, 0.29) is 17.8 Å². The molecule has 0 aliphatic carbocycles. The largest absolute Gasteiger partial charge is 0.322 e. The van der Waals surface area contributed by atoms with E-state index in [1.165, 1.54) is 12.3 Å². The first kappa shape index (κ1) is 15.4. The summed E-state index contributed by atoms with van der Waals surface area (Å²) < 4.78 is 12.8. The minimum absolute atomic E-state index is 0.151. The first-order valence-corrected chi connectivity index (χ1v) is 7.48. The lowest BCUT2D eigenvalue weighted by Gasteiger charge is -2.25. The Morgan fingerprint density at radius 3 is 2.78 bits per heavy atom. The average Bonchev–Trinajstić information content (AvgIpc) is 2.36. The number of nitrogens with zero attached hydrogens (tertiary/aromatic N) is 2. The molecular formula is C13H22FN3S. The fourth-order valence-corrected chi connectivity index (χ4v) is 2.31. The highest BCUT2D eigenvalue weighted by molar-refractivity contribution is 7.98. The quantitative estimate of drug-likeness (QED) is 0.825. The summed E-state index contributed by atoms with van der Waals surface area (Å²) in [6.45, 7) is 4.07. The van der Waals surface area contributed by atoms with Crippen LogP contribution in [0.15, 0.2) is 18.3 Å². The van der Waals surface area contributed by atoms with Crippen molar-refractivity contribution in [3.05, 3.63) is 29.8 Å². The molecule has 3 nitrogen and oxygen atoms in total. The molecule has 0 aliphatic heterocycles. The van der Waals surface area contributed by atoms with Gasteiger partial charge in [0, 0.05) is 18.8 Å². The highest BCUT2D eigenvalue weighted by Crippen LogP contribution is 2.18. The zero-order valence-electron chi connectivity index (χ0n) is 11.3. The predicted octanol–water partition coefficient (Wildman–Crippen LogP) is 2.15. The van der Waals surface area contributed by atoms with Gasteiger partial charge in [-0.3, -0.25) is 4.98 Å². The Labute approximate surface area is 113 Å². The molecule has 2 N–H and O–H groups in total. The summed E-state index contributed by atoms with van der Waals surface area (Å²) >= 11 is 1.84. The topological polar surface area (TPSA) is 42.1 Å². The average molecular weight is 271 g/mol. The Morgan fingerprint density at radius 2 is 2.22 bits per heavy atom. The van der Waals surface area contributed by atoms with Gasteiger partial charge >= 0.3 is 0 Å². The van der Waals surface area contributed by atoms with Gasteiger partial charge in [-0.15, -0.1) is 0 Å². The first-order valence-electron chi connectivity index (χ1n) is 6.09. The Balaban J connectivity index is 2.50. The minimum atomic E-state index is -0.323. The van der Waals surface area contributed by atoms with Crippen LogP contribution in [-0.2, 0) is 0 Å². The van der Waals surface area contributed by atoms with Crippen molar-refractivity contribution in [2.75, 3.05) is 32.1 Å². The van der Waals surface area contributed by atoms with Gasteiger partial charge in [0.15, 0.2) is 0 Å². The molecule has 0 amide bonds. The van der Waals surface area contributed by atoms with E-state index in [0.29, 0.717) is 0 Å². The van der Waals surface area contributed by atoms with Crippen molar-refractivity contribution >= 4 is 11.8 Å². The first-order chi connectivity index (χ1) is 8.54. The SMILES string of the molecule is CSCCN(C)CC(C)C(N)c1ccc(F)cn1. The fourth-order valence-electron chi connectivity index (χ4n) is 1.82. The van der Waals surface area contributed by atoms with Gasteiger partial charge in [0.05, 0.1) is 17.9 Å². The Hall–Kier alpha value is -0.650. The molecule has 1 aromatic heterocycles. The van der Waals surface area contributed by atoms with Gasteiger partial charge in [0.2, 0.25) is 0 Å². The molecule has 0 aliphatic rings. The molecule has 2 unspecified atom stereocenters. The standard InChI is InChI=1S/C13H22FN3S/c1-10(9-17(2)6-7-18-3)13(15)12-5-4-11(14)8-16-12/h4-5,8,10,13H,6-7,9,15H2,1-3H3. The van der Waals surface area contributed by atoms with Crippen molar-refractivity contribution in [3.8, 4) is 0 Å². The summed E-state index contributed by atoms with van der Waals surface area (Å²) in [6.07, 6.45) is 3.32.